The van der Waals surface area contributed by atoms with Gasteiger partial charge in [0, 0.05) is 23.4 Å². The summed E-state index contributed by atoms with van der Waals surface area (Å²) in [6, 6.07) is 5.43. The molecule has 0 spiro atoms. The van der Waals surface area contributed by atoms with Crippen molar-refractivity contribution in [1.29, 1.82) is 0 Å². The Balaban J connectivity index is 2.80. The Morgan fingerprint density at radius 1 is 1.47 bits per heavy atom. The van der Waals surface area contributed by atoms with Gasteiger partial charge in [-0.3, -0.25) is 9.79 Å². The number of ether oxygens (including phenoxy) is 1. The fraction of sp³-hybridized carbons (Fsp3) is 0.429. The Hall–Kier alpha value is -1.49. The molecule has 1 rings (SSSR count). The quantitative estimate of drug-likeness (QED) is 0.494. The van der Waals surface area contributed by atoms with Crippen molar-refractivity contribution >= 4 is 22.7 Å². The molecular formula is C14H20N2O2S. The molecule has 0 saturated heterocycles. The number of hydrogen-bond acceptors (Lipinski definition) is 4. The number of Topliss-reactive ketones (excluding diaryl/α,β-unsaturated/α-hetero) is 1. The molecule has 19 heavy (non-hydrogen) atoms. The third kappa shape index (κ3) is 4.95. The molecule has 1 aromatic carbocycles. The van der Waals surface area contributed by atoms with Gasteiger partial charge in [-0.25, -0.2) is 0 Å². The fourth-order valence-electron chi connectivity index (χ4n) is 1.53. The molecule has 0 heterocycles. The van der Waals surface area contributed by atoms with Gasteiger partial charge in [0.25, 0.3) is 0 Å². The monoisotopic (exact) mass is 280 g/mol. The number of hydrogen-bond donors (Lipinski definition) is 1. The van der Waals surface area contributed by atoms with E-state index < -0.39 is 0 Å². The van der Waals surface area contributed by atoms with E-state index in [0.717, 1.165) is 24.3 Å². The molecule has 4 nitrogen and oxygen atoms in total. The molecule has 0 bridgehead atoms. The number of nitrogens with two attached hydrogens (primary N) is 1. The van der Waals surface area contributed by atoms with Gasteiger partial charge in [0.15, 0.2) is 11.0 Å². The van der Waals surface area contributed by atoms with Gasteiger partial charge >= 0.3 is 0 Å². The summed E-state index contributed by atoms with van der Waals surface area (Å²) in [6.07, 6.45) is 0.977. The van der Waals surface area contributed by atoms with Crippen LogP contribution in [-0.2, 0) is 5.75 Å². The summed E-state index contributed by atoms with van der Waals surface area (Å²) < 4.78 is 5.29. The summed E-state index contributed by atoms with van der Waals surface area (Å²) in [4.78, 5) is 15.6. The molecule has 0 aliphatic heterocycles. The molecule has 0 radical (unpaired) electrons. The molecule has 0 unspecified atom stereocenters. The maximum Gasteiger partial charge on any atom is 0.159 e. The zero-order chi connectivity index (χ0) is 14.3. The van der Waals surface area contributed by atoms with E-state index >= 15 is 0 Å². The topological polar surface area (TPSA) is 64.7 Å². The number of thioether (sulfide) groups is 1. The molecule has 2 N–H and O–H groups in total. The number of methoxy groups -OCH3 is 1. The Morgan fingerprint density at radius 3 is 2.79 bits per heavy atom. The predicted molar refractivity (Wildman–Crippen MR) is 81.1 cm³/mol. The van der Waals surface area contributed by atoms with E-state index in [9.17, 15) is 4.79 Å². The van der Waals surface area contributed by atoms with Crippen molar-refractivity contribution in [3.8, 4) is 5.75 Å². The van der Waals surface area contributed by atoms with Crippen LogP contribution in [0.4, 0.5) is 0 Å². The maximum absolute atomic E-state index is 11.4. The second-order valence-electron chi connectivity index (χ2n) is 4.09. The van der Waals surface area contributed by atoms with Crippen molar-refractivity contribution in [2.24, 2.45) is 10.7 Å². The van der Waals surface area contributed by atoms with Gasteiger partial charge in [-0.2, -0.15) is 0 Å². The molecule has 5 heteroatoms. The van der Waals surface area contributed by atoms with E-state index in [0.29, 0.717) is 16.5 Å². The van der Waals surface area contributed by atoms with Gasteiger partial charge < -0.3 is 10.5 Å². The molecule has 104 valence electrons. The predicted octanol–water partition coefficient (Wildman–Crippen LogP) is 2.86. The highest BCUT2D eigenvalue weighted by atomic mass is 32.2. The first-order valence-corrected chi connectivity index (χ1v) is 7.17. The highest BCUT2D eigenvalue weighted by Crippen LogP contribution is 2.24. The van der Waals surface area contributed by atoms with Crippen LogP contribution in [-0.4, -0.2) is 24.6 Å². The minimum atomic E-state index is 0.0431. The van der Waals surface area contributed by atoms with Gasteiger partial charge in [0.2, 0.25) is 0 Å². The third-order valence-corrected chi connectivity index (χ3v) is 3.43. The Kier molecular flexibility index (Phi) is 6.42. The zero-order valence-corrected chi connectivity index (χ0v) is 12.4. The van der Waals surface area contributed by atoms with Gasteiger partial charge in [0.1, 0.15) is 5.75 Å². The van der Waals surface area contributed by atoms with Crippen molar-refractivity contribution in [1.82, 2.24) is 0 Å². The van der Waals surface area contributed by atoms with Crippen molar-refractivity contribution in [2.45, 2.75) is 26.0 Å². The molecule has 0 saturated carbocycles. The second kappa shape index (κ2) is 7.84. The Morgan fingerprint density at radius 2 is 2.21 bits per heavy atom. The summed E-state index contributed by atoms with van der Waals surface area (Å²) in [5.41, 5.74) is 7.44. The molecule has 0 amide bonds. The molecular weight excluding hydrogens is 260 g/mol. The van der Waals surface area contributed by atoms with Crippen LogP contribution in [0.2, 0.25) is 0 Å². The van der Waals surface area contributed by atoms with Crippen LogP contribution in [0.15, 0.2) is 23.2 Å². The highest BCUT2D eigenvalue weighted by molar-refractivity contribution is 8.13. The highest BCUT2D eigenvalue weighted by Gasteiger charge is 2.08. The largest absolute Gasteiger partial charge is 0.496 e. The van der Waals surface area contributed by atoms with Gasteiger partial charge in [-0.15, -0.1) is 0 Å². The summed E-state index contributed by atoms with van der Waals surface area (Å²) in [7, 11) is 1.62. The lowest BCUT2D eigenvalue weighted by atomic mass is 10.1. The first-order valence-electron chi connectivity index (χ1n) is 6.19. The van der Waals surface area contributed by atoms with Gasteiger partial charge in [-0.05, 0) is 31.5 Å². The molecule has 0 fully saturated rings. The van der Waals surface area contributed by atoms with Crippen molar-refractivity contribution in [2.75, 3.05) is 13.7 Å². The van der Waals surface area contributed by atoms with Crippen LogP contribution in [0.3, 0.4) is 0 Å². The first-order chi connectivity index (χ1) is 9.08. The summed E-state index contributed by atoms with van der Waals surface area (Å²) in [5.74, 6) is 1.45. The summed E-state index contributed by atoms with van der Waals surface area (Å²) in [5, 5.41) is 0.567. The number of rotatable bonds is 6. The smallest absolute Gasteiger partial charge is 0.159 e. The number of amidine groups is 1. The standard InChI is InChI=1S/C14H20N2O2S/c1-4-7-16-14(15)19-9-12-8-11(10(2)17)5-6-13(12)18-3/h5-6,8H,4,7,9H2,1-3H3,(H2,15,16). The van der Waals surface area contributed by atoms with E-state index in [4.69, 9.17) is 10.5 Å². The maximum atomic E-state index is 11.4. The summed E-state index contributed by atoms with van der Waals surface area (Å²) in [6.45, 7) is 4.35. The van der Waals surface area contributed by atoms with Crippen LogP contribution in [0.25, 0.3) is 0 Å². The van der Waals surface area contributed by atoms with Gasteiger partial charge in [-0.1, -0.05) is 18.7 Å². The summed E-state index contributed by atoms with van der Waals surface area (Å²) >= 11 is 1.46. The van der Waals surface area contributed by atoms with Gasteiger partial charge in [0.05, 0.1) is 7.11 Å². The van der Waals surface area contributed by atoms with Crippen molar-refractivity contribution in [3.05, 3.63) is 29.3 Å². The number of nitrogens with zero attached hydrogens (tertiary/aromatic N) is 1. The second-order valence-corrected chi connectivity index (χ2v) is 5.09. The normalized spacial score (nSPS) is 11.4. The van der Waals surface area contributed by atoms with Crippen LogP contribution in [0.5, 0.6) is 5.75 Å². The fourth-order valence-corrected chi connectivity index (χ4v) is 2.24. The van der Waals surface area contributed by atoms with E-state index in [1.807, 2.05) is 12.1 Å². The van der Waals surface area contributed by atoms with E-state index in [1.165, 1.54) is 11.8 Å². The number of aliphatic imine (C=N–C) groups is 1. The lowest BCUT2D eigenvalue weighted by molar-refractivity contribution is 0.101. The first kappa shape index (κ1) is 15.6. The van der Waals surface area contributed by atoms with Crippen LogP contribution >= 0.6 is 11.8 Å². The van der Waals surface area contributed by atoms with Crippen LogP contribution < -0.4 is 10.5 Å². The molecule has 0 aliphatic rings. The zero-order valence-electron chi connectivity index (χ0n) is 11.6. The molecule has 1 aromatic rings. The molecule has 0 aromatic heterocycles. The average Bonchev–Trinajstić information content (AvgIpc) is 2.42. The Bertz CT molecular complexity index is 473. The number of benzene rings is 1. The van der Waals surface area contributed by atoms with Crippen molar-refractivity contribution in [3.63, 3.8) is 0 Å². The number of carbonyl (C=O) groups excluding carboxylic acids is 1. The molecule has 0 aliphatic carbocycles. The lowest BCUT2D eigenvalue weighted by Gasteiger charge is -2.09. The van der Waals surface area contributed by atoms with Crippen LogP contribution in [0.1, 0.15) is 36.2 Å². The van der Waals surface area contributed by atoms with E-state index in [1.54, 1.807) is 20.1 Å². The molecule has 0 atom stereocenters. The minimum Gasteiger partial charge on any atom is -0.496 e. The van der Waals surface area contributed by atoms with E-state index in [-0.39, 0.29) is 5.78 Å². The van der Waals surface area contributed by atoms with E-state index in [2.05, 4.69) is 11.9 Å². The minimum absolute atomic E-state index is 0.0431. The average molecular weight is 280 g/mol. The number of ketones is 1. The van der Waals surface area contributed by atoms with Crippen molar-refractivity contribution < 1.29 is 9.53 Å². The van der Waals surface area contributed by atoms with Crippen LogP contribution in [0, 0.1) is 0 Å². The Labute approximate surface area is 118 Å². The third-order valence-electron chi connectivity index (χ3n) is 2.55. The lowest BCUT2D eigenvalue weighted by Crippen LogP contribution is -2.08. The SMILES string of the molecule is CCCN=C(N)SCc1cc(C(C)=O)ccc1OC. The number of carbonyl (C=O) groups is 1.